The summed E-state index contributed by atoms with van der Waals surface area (Å²) in [6.07, 6.45) is 0. The van der Waals surface area contributed by atoms with Crippen LogP contribution in [0, 0.1) is 0 Å². The Balaban J connectivity index is 1.50. The van der Waals surface area contributed by atoms with Gasteiger partial charge in [0.15, 0.2) is 5.58 Å². The van der Waals surface area contributed by atoms with Crippen LogP contribution in [0.1, 0.15) is 5.56 Å². The molecule has 0 spiro atoms. The van der Waals surface area contributed by atoms with Gasteiger partial charge in [-0.15, -0.1) is 0 Å². The summed E-state index contributed by atoms with van der Waals surface area (Å²) in [7, 11) is -3.48. The molecule has 1 fully saturated rings. The van der Waals surface area contributed by atoms with E-state index in [1.165, 1.54) is 16.1 Å². The second kappa shape index (κ2) is 7.40. The number of oxazole rings is 1. The van der Waals surface area contributed by atoms with Gasteiger partial charge in [-0.25, -0.2) is 13.4 Å². The zero-order valence-corrected chi connectivity index (χ0v) is 15.6. The molecule has 2 aromatic carbocycles. The molecule has 1 saturated heterocycles. The number of benzene rings is 2. The van der Waals surface area contributed by atoms with Crippen LogP contribution < -0.4 is 0 Å². The molecule has 1 aliphatic rings. The Morgan fingerprint density at radius 2 is 1.88 bits per heavy atom. The van der Waals surface area contributed by atoms with Gasteiger partial charge in [0.2, 0.25) is 10.0 Å². The number of para-hydroxylation sites is 2. The number of hydrogen-bond acceptors (Lipinski definition) is 6. The number of ether oxygens (including phenoxy) is 1. The molecular formula is C18H18N2O4S2. The van der Waals surface area contributed by atoms with E-state index < -0.39 is 10.0 Å². The van der Waals surface area contributed by atoms with Gasteiger partial charge >= 0.3 is 0 Å². The first-order valence-electron chi connectivity index (χ1n) is 8.28. The van der Waals surface area contributed by atoms with E-state index in [0.29, 0.717) is 42.2 Å². The van der Waals surface area contributed by atoms with Crippen molar-refractivity contribution in [3.8, 4) is 0 Å². The molecule has 0 amide bonds. The van der Waals surface area contributed by atoms with Crippen molar-refractivity contribution in [1.82, 2.24) is 9.29 Å². The largest absolute Gasteiger partial charge is 0.431 e. The first kappa shape index (κ1) is 17.5. The molecule has 0 atom stereocenters. The average Bonchev–Trinajstić information content (AvgIpc) is 3.10. The lowest BCUT2D eigenvalue weighted by atomic mass is 10.2. The summed E-state index contributed by atoms with van der Waals surface area (Å²) in [5.74, 6) is 0.583. The summed E-state index contributed by atoms with van der Waals surface area (Å²) >= 11 is 1.45. The summed E-state index contributed by atoms with van der Waals surface area (Å²) in [5.41, 5.74) is 2.48. The standard InChI is InChI=1S/C18H18N2O4S2/c21-26(22,20-8-10-23-11-9-20)15-5-3-4-14(12-15)13-25-18-19-16-6-1-2-7-17(16)24-18/h1-7,12H,8-11,13H2. The number of morpholine rings is 1. The van der Waals surface area contributed by atoms with Crippen molar-refractivity contribution in [2.45, 2.75) is 15.9 Å². The fourth-order valence-corrected chi connectivity index (χ4v) is 5.05. The molecule has 4 rings (SSSR count). The molecule has 0 aliphatic carbocycles. The first-order valence-corrected chi connectivity index (χ1v) is 10.7. The Kier molecular flexibility index (Phi) is 4.99. The van der Waals surface area contributed by atoms with Crippen LogP contribution in [0.3, 0.4) is 0 Å². The number of sulfonamides is 1. The third kappa shape index (κ3) is 3.64. The van der Waals surface area contributed by atoms with E-state index in [9.17, 15) is 8.42 Å². The van der Waals surface area contributed by atoms with Crippen LogP contribution in [0.2, 0.25) is 0 Å². The van der Waals surface area contributed by atoms with E-state index >= 15 is 0 Å². The van der Waals surface area contributed by atoms with Crippen molar-refractivity contribution in [3.63, 3.8) is 0 Å². The van der Waals surface area contributed by atoms with Gasteiger partial charge < -0.3 is 9.15 Å². The highest BCUT2D eigenvalue weighted by molar-refractivity contribution is 7.98. The number of aromatic nitrogens is 1. The lowest BCUT2D eigenvalue weighted by Gasteiger charge is -2.26. The molecule has 3 aromatic rings. The van der Waals surface area contributed by atoms with Gasteiger partial charge in [0.05, 0.1) is 18.1 Å². The number of fused-ring (bicyclic) bond motifs is 1. The minimum absolute atomic E-state index is 0.315. The lowest BCUT2D eigenvalue weighted by molar-refractivity contribution is 0.0730. The summed E-state index contributed by atoms with van der Waals surface area (Å²) in [6, 6.07) is 14.6. The maximum Gasteiger partial charge on any atom is 0.257 e. The van der Waals surface area contributed by atoms with Crippen LogP contribution in [-0.2, 0) is 20.5 Å². The molecule has 0 saturated carbocycles. The fraction of sp³-hybridized carbons (Fsp3) is 0.278. The minimum atomic E-state index is -3.48. The maximum atomic E-state index is 12.8. The zero-order chi connectivity index (χ0) is 18.0. The van der Waals surface area contributed by atoms with E-state index in [1.54, 1.807) is 18.2 Å². The lowest BCUT2D eigenvalue weighted by Crippen LogP contribution is -2.40. The predicted molar refractivity (Wildman–Crippen MR) is 99.6 cm³/mol. The third-order valence-corrected chi connectivity index (χ3v) is 6.94. The van der Waals surface area contributed by atoms with E-state index in [2.05, 4.69) is 4.98 Å². The maximum absolute atomic E-state index is 12.8. The van der Waals surface area contributed by atoms with Crippen molar-refractivity contribution in [1.29, 1.82) is 0 Å². The van der Waals surface area contributed by atoms with Gasteiger partial charge in [0.25, 0.3) is 5.22 Å². The van der Waals surface area contributed by atoms with Crippen LogP contribution in [0.25, 0.3) is 11.1 Å². The zero-order valence-electron chi connectivity index (χ0n) is 14.0. The average molecular weight is 390 g/mol. The molecule has 1 aliphatic heterocycles. The molecule has 1 aromatic heterocycles. The van der Waals surface area contributed by atoms with Crippen LogP contribution in [0.4, 0.5) is 0 Å². The van der Waals surface area contributed by atoms with Crippen molar-refractivity contribution in [2.75, 3.05) is 26.3 Å². The quantitative estimate of drug-likeness (QED) is 0.623. The molecule has 0 unspecified atom stereocenters. The van der Waals surface area contributed by atoms with Crippen LogP contribution >= 0.6 is 11.8 Å². The summed E-state index contributed by atoms with van der Waals surface area (Å²) in [4.78, 5) is 4.74. The molecular weight excluding hydrogens is 372 g/mol. The molecule has 8 heteroatoms. The van der Waals surface area contributed by atoms with Gasteiger partial charge in [-0.05, 0) is 29.8 Å². The molecule has 26 heavy (non-hydrogen) atoms. The summed E-state index contributed by atoms with van der Waals surface area (Å²) in [5, 5.41) is 0.577. The van der Waals surface area contributed by atoms with Crippen molar-refractivity contribution in [2.24, 2.45) is 0 Å². The SMILES string of the molecule is O=S(=O)(c1cccc(CSc2nc3ccccc3o2)c1)N1CCOCC1. The van der Waals surface area contributed by atoms with Crippen molar-refractivity contribution in [3.05, 3.63) is 54.1 Å². The Hall–Kier alpha value is -1.87. The van der Waals surface area contributed by atoms with Gasteiger partial charge in [-0.1, -0.05) is 36.0 Å². The van der Waals surface area contributed by atoms with E-state index in [4.69, 9.17) is 9.15 Å². The van der Waals surface area contributed by atoms with E-state index in [1.807, 2.05) is 30.3 Å². The van der Waals surface area contributed by atoms with E-state index in [0.717, 1.165) is 16.7 Å². The van der Waals surface area contributed by atoms with Crippen molar-refractivity contribution >= 4 is 32.9 Å². The Labute approximate surface area is 156 Å². The summed E-state index contributed by atoms with van der Waals surface area (Å²) in [6.45, 7) is 1.66. The van der Waals surface area contributed by atoms with Gasteiger partial charge in [-0.2, -0.15) is 4.31 Å². The number of nitrogens with zero attached hydrogens (tertiary/aromatic N) is 2. The normalized spacial score (nSPS) is 16.2. The number of rotatable bonds is 5. The van der Waals surface area contributed by atoms with Crippen LogP contribution in [0.15, 0.2) is 63.1 Å². The molecule has 6 nitrogen and oxygen atoms in total. The van der Waals surface area contributed by atoms with Gasteiger partial charge in [0.1, 0.15) is 5.52 Å². The van der Waals surface area contributed by atoms with Crippen LogP contribution in [0.5, 0.6) is 0 Å². The Morgan fingerprint density at radius 3 is 2.69 bits per heavy atom. The molecule has 0 bridgehead atoms. The minimum Gasteiger partial charge on any atom is -0.431 e. The van der Waals surface area contributed by atoms with Crippen molar-refractivity contribution < 1.29 is 17.6 Å². The fourth-order valence-electron chi connectivity index (χ4n) is 2.79. The van der Waals surface area contributed by atoms with Gasteiger partial charge in [-0.3, -0.25) is 0 Å². The second-order valence-electron chi connectivity index (χ2n) is 5.90. The van der Waals surface area contributed by atoms with Crippen LogP contribution in [-0.4, -0.2) is 44.0 Å². The number of thioether (sulfide) groups is 1. The van der Waals surface area contributed by atoms with E-state index in [-0.39, 0.29) is 0 Å². The molecule has 136 valence electrons. The Bertz CT molecular complexity index is 978. The summed E-state index contributed by atoms with van der Waals surface area (Å²) < 4.78 is 37.9. The highest BCUT2D eigenvalue weighted by Gasteiger charge is 2.26. The molecule has 0 N–H and O–H groups in total. The predicted octanol–water partition coefficient (Wildman–Crippen LogP) is 3.14. The third-order valence-electron chi connectivity index (χ3n) is 4.14. The number of hydrogen-bond donors (Lipinski definition) is 0. The Morgan fingerprint density at radius 1 is 1.08 bits per heavy atom. The topological polar surface area (TPSA) is 72.6 Å². The highest BCUT2D eigenvalue weighted by atomic mass is 32.2. The molecule has 0 radical (unpaired) electrons. The second-order valence-corrected chi connectivity index (χ2v) is 8.76. The van der Waals surface area contributed by atoms with Gasteiger partial charge in [0, 0.05) is 18.8 Å². The molecule has 2 heterocycles. The smallest absolute Gasteiger partial charge is 0.257 e. The highest BCUT2D eigenvalue weighted by Crippen LogP contribution is 2.27. The monoisotopic (exact) mass is 390 g/mol. The first-order chi connectivity index (χ1) is 12.6.